The first-order chi connectivity index (χ1) is 11.1. The highest BCUT2D eigenvalue weighted by Gasteiger charge is 2.12. The molecule has 7 heteroatoms. The van der Waals surface area contributed by atoms with Crippen molar-refractivity contribution in [1.29, 1.82) is 0 Å². The molecule has 0 fully saturated rings. The molecule has 0 aliphatic heterocycles. The molecule has 0 saturated heterocycles. The molecule has 0 saturated carbocycles. The average Bonchev–Trinajstić information content (AvgIpc) is 2.97. The van der Waals surface area contributed by atoms with Crippen LogP contribution in [0.1, 0.15) is 17.3 Å². The summed E-state index contributed by atoms with van der Waals surface area (Å²) in [7, 11) is 1.77. The summed E-state index contributed by atoms with van der Waals surface area (Å²) >= 11 is 0. The van der Waals surface area contributed by atoms with Gasteiger partial charge in [0, 0.05) is 18.8 Å². The van der Waals surface area contributed by atoms with E-state index in [-0.39, 0.29) is 5.75 Å². The summed E-state index contributed by atoms with van der Waals surface area (Å²) in [4.78, 5) is 13.1. The van der Waals surface area contributed by atoms with E-state index < -0.39 is 5.97 Å². The van der Waals surface area contributed by atoms with Gasteiger partial charge in [-0.3, -0.25) is 0 Å². The summed E-state index contributed by atoms with van der Waals surface area (Å²) in [6.45, 7) is 2.07. The topological polar surface area (TPSA) is 89.3 Å². The molecule has 1 heterocycles. The minimum Gasteiger partial charge on any atom is -0.506 e. The fourth-order valence-corrected chi connectivity index (χ4v) is 2.21. The van der Waals surface area contributed by atoms with Crippen molar-refractivity contribution in [3.8, 4) is 11.4 Å². The third-order valence-corrected chi connectivity index (χ3v) is 3.37. The lowest BCUT2D eigenvalue weighted by atomic mass is 10.2. The standard InChI is InChI=1S/C16H16N4O3/c1-3-23-16(22)10-4-6-12-13(8-10)19-20(18-12)14-7-5-11(17-2)9-15(14)21/h4-9,17,21H,3H2,1-2H3. The lowest BCUT2D eigenvalue weighted by Gasteiger charge is -2.05. The predicted octanol–water partition coefficient (Wildman–Crippen LogP) is 2.34. The number of hydrogen-bond acceptors (Lipinski definition) is 6. The van der Waals surface area contributed by atoms with Crippen LogP contribution in [0.25, 0.3) is 16.7 Å². The van der Waals surface area contributed by atoms with Crippen LogP contribution >= 0.6 is 0 Å². The molecule has 1 aromatic heterocycles. The summed E-state index contributed by atoms with van der Waals surface area (Å²) in [5.41, 5.74) is 2.83. The van der Waals surface area contributed by atoms with E-state index in [1.807, 2.05) is 6.07 Å². The molecular formula is C16H16N4O3. The van der Waals surface area contributed by atoms with Gasteiger partial charge in [0.15, 0.2) is 0 Å². The Labute approximate surface area is 132 Å². The van der Waals surface area contributed by atoms with E-state index in [2.05, 4.69) is 15.5 Å². The Bertz CT molecular complexity index is 873. The number of aromatic nitrogens is 3. The van der Waals surface area contributed by atoms with Crippen LogP contribution in [0, 0.1) is 0 Å². The normalized spacial score (nSPS) is 10.7. The van der Waals surface area contributed by atoms with Gasteiger partial charge in [-0.15, -0.1) is 15.0 Å². The fraction of sp³-hybridized carbons (Fsp3) is 0.188. The summed E-state index contributed by atoms with van der Waals surface area (Å²) in [6, 6.07) is 10.1. The summed E-state index contributed by atoms with van der Waals surface area (Å²) in [5.74, 6) is -0.340. The molecule has 0 amide bonds. The van der Waals surface area contributed by atoms with E-state index in [4.69, 9.17) is 4.74 Å². The van der Waals surface area contributed by atoms with Gasteiger partial charge in [-0.1, -0.05) is 0 Å². The third-order valence-electron chi connectivity index (χ3n) is 3.37. The first-order valence-electron chi connectivity index (χ1n) is 7.17. The molecule has 3 rings (SSSR count). The number of anilines is 1. The zero-order valence-corrected chi connectivity index (χ0v) is 12.8. The van der Waals surface area contributed by atoms with Gasteiger partial charge >= 0.3 is 5.97 Å². The number of rotatable bonds is 4. The van der Waals surface area contributed by atoms with Crippen LogP contribution in [0.2, 0.25) is 0 Å². The lowest BCUT2D eigenvalue weighted by molar-refractivity contribution is 0.0526. The number of benzene rings is 2. The molecule has 0 spiro atoms. The first-order valence-corrected chi connectivity index (χ1v) is 7.17. The number of nitrogens with one attached hydrogen (secondary N) is 1. The average molecular weight is 312 g/mol. The maximum Gasteiger partial charge on any atom is 0.338 e. The van der Waals surface area contributed by atoms with Gasteiger partial charge in [-0.25, -0.2) is 4.79 Å². The van der Waals surface area contributed by atoms with Gasteiger partial charge in [0.25, 0.3) is 0 Å². The second kappa shape index (κ2) is 5.96. The smallest absolute Gasteiger partial charge is 0.338 e. The van der Waals surface area contributed by atoms with E-state index >= 15 is 0 Å². The van der Waals surface area contributed by atoms with Crippen molar-refractivity contribution >= 4 is 22.7 Å². The number of hydrogen-bond donors (Lipinski definition) is 2. The van der Waals surface area contributed by atoms with Crippen molar-refractivity contribution in [3.05, 3.63) is 42.0 Å². The minimum atomic E-state index is -0.398. The number of carbonyl (C=O) groups is 1. The van der Waals surface area contributed by atoms with Crippen LogP contribution in [0.5, 0.6) is 5.75 Å². The van der Waals surface area contributed by atoms with Crippen molar-refractivity contribution in [1.82, 2.24) is 15.0 Å². The maximum atomic E-state index is 11.8. The Morgan fingerprint density at radius 2 is 2.00 bits per heavy atom. The third kappa shape index (κ3) is 2.80. The van der Waals surface area contributed by atoms with Crippen molar-refractivity contribution < 1.29 is 14.6 Å². The van der Waals surface area contributed by atoms with Crippen LogP contribution in [-0.2, 0) is 4.74 Å². The largest absolute Gasteiger partial charge is 0.506 e. The molecule has 118 valence electrons. The summed E-state index contributed by atoms with van der Waals surface area (Å²) in [6.07, 6.45) is 0. The molecule has 0 atom stereocenters. The molecule has 2 aromatic carbocycles. The van der Waals surface area contributed by atoms with Crippen molar-refractivity contribution in [2.24, 2.45) is 0 Å². The molecule has 0 unspecified atom stereocenters. The van der Waals surface area contributed by atoms with Crippen molar-refractivity contribution in [2.75, 3.05) is 19.0 Å². The zero-order chi connectivity index (χ0) is 16.4. The monoisotopic (exact) mass is 312 g/mol. The molecule has 0 bridgehead atoms. The van der Waals surface area contributed by atoms with Crippen LogP contribution < -0.4 is 5.32 Å². The predicted molar refractivity (Wildman–Crippen MR) is 86.0 cm³/mol. The lowest BCUT2D eigenvalue weighted by Crippen LogP contribution is -2.04. The highest BCUT2D eigenvalue weighted by Crippen LogP contribution is 2.25. The number of carbonyl (C=O) groups excluding carboxylic acids is 1. The number of fused-ring (bicyclic) bond motifs is 1. The Morgan fingerprint density at radius 3 is 2.70 bits per heavy atom. The van der Waals surface area contributed by atoms with E-state index in [0.29, 0.717) is 28.9 Å². The highest BCUT2D eigenvalue weighted by molar-refractivity contribution is 5.93. The van der Waals surface area contributed by atoms with E-state index in [0.717, 1.165) is 5.69 Å². The van der Waals surface area contributed by atoms with Gasteiger partial charge in [-0.05, 0) is 37.3 Å². The Balaban J connectivity index is 2.01. The molecule has 3 aromatic rings. The molecule has 2 N–H and O–H groups in total. The van der Waals surface area contributed by atoms with Crippen molar-refractivity contribution in [3.63, 3.8) is 0 Å². The van der Waals surface area contributed by atoms with Gasteiger partial charge in [0.1, 0.15) is 22.5 Å². The number of aromatic hydroxyl groups is 1. The van der Waals surface area contributed by atoms with Gasteiger partial charge < -0.3 is 15.2 Å². The second-order valence-electron chi connectivity index (χ2n) is 4.87. The molecule has 0 aliphatic carbocycles. The van der Waals surface area contributed by atoms with Gasteiger partial charge in [-0.2, -0.15) is 0 Å². The molecule has 0 aliphatic rings. The van der Waals surface area contributed by atoms with E-state index in [9.17, 15) is 9.90 Å². The molecular weight excluding hydrogens is 296 g/mol. The molecule has 23 heavy (non-hydrogen) atoms. The quantitative estimate of drug-likeness (QED) is 0.719. The fourth-order valence-electron chi connectivity index (χ4n) is 2.21. The van der Waals surface area contributed by atoms with Gasteiger partial charge in [0.2, 0.25) is 0 Å². The Morgan fingerprint density at radius 1 is 1.22 bits per heavy atom. The van der Waals surface area contributed by atoms with Crippen LogP contribution in [0.3, 0.4) is 0 Å². The SMILES string of the molecule is CCOC(=O)c1ccc2nn(-c3ccc(NC)cc3O)nc2c1. The Kier molecular flexibility index (Phi) is 3.84. The maximum absolute atomic E-state index is 11.8. The zero-order valence-electron chi connectivity index (χ0n) is 12.8. The number of phenolic OH excluding ortho intramolecular Hbond substituents is 1. The summed E-state index contributed by atoms with van der Waals surface area (Å²) < 4.78 is 4.97. The van der Waals surface area contributed by atoms with Crippen LogP contribution in [-0.4, -0.2) is 39.7 Å². The molecule has 0 radical (unpaired) electrons. The number of phenols is 1. The Hall–Kier alpha value is -3.09. The number of ether oxygens (including phenoxy) is 1. The number of nitrogens with zero attached hydrogens (tertiary/aromatic N) is 3. The molecule has 7 nitrogen and oxygen atoms in total. The van der Waals surface area contributed by atoms with E-state index in [1.54, 1.807) is 44.3 Å². The minimum absolute atomic E-state index is 0.0581. The second-order valence-corrected chi connectivity index (χ2v) is 4.87. The summed E-state index contributed by atoms with van der Waals surface area (Å²) in [5, 5.41) is 21.7. The van der Waals surface area contributed by atoms with Gasteiger partial charge in [0.05, 0.1) is 12.2 Å². The van der Waals surface area contributed by atoms with Crippen LogP contribution in [0.4, 0.5) is 5.69 Å². The number of esters is 1. The first kappa shape index (κ1) is 14.8. The van der Waals surface area contributed by atoms with Crippen molar-refractivity contribution in [2.45, 2.75) is 6.92 Å². The highest BCUT2D eigenvalue weighted by atomic mass is 16.5. The van der Waals surface area contributed by atoms with E-state index in [1.165, 1.54) is 4.80 Å². The van der Waals surface area contributed by atoms with Crippen LogP contribution in [0.15, 0.2) is 36.4 Å².